The molecular weight excluding hydrogens is 678 g/mol. The van der Waals surface area contributed by atoms with Gasteiger partial charge in [0.2, 0.25) is 11.8 Å². The van der Waals surface area contributed by atoms with Crippen LogP contribution >= 0.6 is 0 Å². The minimum absolute atomic E-state index is 0.00205. The van der Waals surface area contributed by atoms with Crippen molar-refractivity contribution in [2.24, 2.45) is 23.7 Å². The standard InChI is InChI=1S/C40H53N5O8/c1-3-51-38(37-28-15-25-14-26(17-28)18-29(37)16-25)30-19-31(46)21-32(20-30)52-13-7-12-43-35(49)10-6-9-34(48)42-11-5-4-8-27-23-45(40(50)44-39(27)41)36-22-33(47)24(2)53-36/h19-21,23-26,28-29,33,36,46-47H,3,5-7,9-18,22H2,1-2H3,(H,42,48)(H,43,49)(H2,41,44,50). The van der Waals surface area contributed by atoms with Crippen LogP contribution in [0.3, 0.4) is 0 Å². The molecular formula is C40H53N5O8. The molecule has 5 fully saturated rings. The predicted octanol–water partition coefficient (Wildman–Crippen LogP) is 4.02. The summed E-state index contributed by atoms with van der Waals surface area (Å²) in [5.74, 6) is 9.98. The Kier molecular flexibility index (Phi) is 12.6. The summed E-state index contributed by atoms with van der Waals surface area (Å²) in [4.78, 5) is 40.7. The van der Waals surface area contributed by atoms with E-state index in [0.29, 0.717) is 68.7 Å². The van der Waals surface area contributed by atoms with Crippen molar-refractivity contribution in [2.75, 3.05) is 32.0 Å². The van der Waals surface area contributed by atoms with E-state index in [9.17, 15) is 24.6 Å². The number of rotatable bonds is 15. The van der Waals surface area contributed by atoms with E-state index in [0.717, 1.165) is 23.2 Å². The molecule has 0 spiro atoms. The molecule has 7 rings (SSSR count). The number of nitrogens with two attached hydrogens (primary N) is 1. The number of amides is 2. The zero-order chi connectivity index (χ0) is 37.5. The van der Waals surface area contributed by atoms with E-state index in [1.807, 2.05) is 13.0 Å². The van der Waals surface area contributed by atoms with Gasteiger partial charge in [-0.1, -0.05) is 11.8 Å². The van der Waals surface area contributed by atoms with Gasteiger partial charge in [-0.25, -0.2) is 4.79 Å². The number of phenolic OH excluding ortho intramolecular Hbond substituents is 1. The van der Waals surface area contributed by atoms with E-state index in [2.05, 4.69) is 27.5 Å². The number of allylic oxidation sites excluding steroid dienone is 1. The first-order valence-electron chi connectivity index (χ1n) is 19.2. The van der Waals surface area contributed by atoms with Gasteiger partial charge in [0.05, 0.1) is 31.0 Å². The Bertz CT molecular complexity index is 1750. The molecule has 1 saturated heterocycles. The number of phenols is 1. The first kappa shape index (κ1) is 38.2. The predicted molar refractivity (Wildman–Crippen MR) is 198 cm³/mol. The number of carbonyl (C=O) groups excluding carboxylic acids is 2. The largest absolute Gasteiger partial charge is 0.508 e. The molecule has 4 saturated carbocycles. The third-order valence-electron chi connectivity index (χ3n) is 10.9. The van der Waals surface area contributed by atoms with E-state index in [-0.39, 0.29) is 42.6 Å². The van der Waals surface area contributed by atoms with Crippen molar-refractivity contribution in [3.63, 3.8) is 0 Å². The molecule has 6 N–H and O–H groups in total. The molecule has 13 heteroatoms. The molecule has 1 aromatic heterocycles. The summed E-state index contributed by atoms with van der Waals surface area (Å²) in [7, 11) is 0. The van der Waals surface area contributed by atoms with Crippen LogP contribution in [-0.2, 0) is 19.1 Å². The monoisotopic (exact) mass is 731 g/mol. The number of nitrogens with one attached hydrogen (secondary N) is 2. The van der Waals surface area contributed by atoms with E-state index >= 15 is 0 Å². The molecule has 53 heavy (non-hydrogen) atoms. The number of carbonyl (C=O) groups is 2. The molecule has 13 nitrogen and oxygen atoms in total. The second-order valence-corrected chi connectivity index (χ2v) is 14.9. The third-order valence-corrected chi connectivity index (χ3v) is 10.9. The van der Waals surface area contributed by atoms with Crippen LogP contribution in [0.15, 0.2) is 34.8 Å². The molecule has 2 aromatic rings. The lowest BCUT2D eigenvalue weighted by molar-refractivity contribution is -0.122. The van der Waals surface area contributed by atoms with Crippen molar-refractivity contribution >= 4 is 23.4 Å². The first-order valence-corrected chi connectivity index (χ1v) is 19.2. The third kappa shape index (κ3) is 9.72. The molecule has 0 radical (unpaired) electrons. The number of aliphatic hydroxyl groups excluding tert-OH is 1. The Morgan fingerprint density at radius 1 is 1.02 bits per heavy atom. The Balaban J connectivity index is 0.869. The lowest BCUT2D eigenvalue weighted by atomic mass is 9.54. The number of nitrogens with zero attached hydrogens (tertiary/aromatic N) is 2. The number of benzene rings is 1. The molecule has 5 aliphatic rings. The van der Waals surface area contributed by atoms with Gasteiger partial charge in [-0.2, -0.15) is 4.98 Å². The van der Waals surface area contributed by atoms with Gasteiger partial charge in [0.25, 0.3) is 0 Å². The van der Waals surface area contributed by atoms with Gasteiger partial charge in [0, 0.05) is 56.6 Å². The fourth-order valence-electron chi connectivity index (χ4n) is 8.59. The zero-order valence-corrected chi connectivity index (χ0v) is 30.8. The average molecular weight is 732 g/mol. The second kappa shape index (κ2) is 17.5. The van der Waals surface area contributed by atoms with Crippen LogP contribution in [0, 0.1) is 35.5 Å². The van der Waals surface area contributed by atoms with Gasteiger partial charge in [0.15, 0.2) is 0 Å². The van der Waals surface area contributed by atoms with E-state index < -0.39 is 24.1 Å². The number of aromatic nitrogens is 2. The lowest BCUT2D eigenvalue weighted by Gasteiger charge is -2.51. The fraction of sp³-hybridized carbons (Fsp3) is 0.600. The maximum absolute atomic E-state index is 12.4. The molecule has 1 aromatic carbocycles. The van der Waals surface area contributed by atoms with Crippen LogP contribution in [-0.4, -0.2) is 70.1 Å². The summed E-state index contributed by atoms with van der Waals surface area (Å²) < 4.78 is 19.2. The fourth-order valence-corrected chi connectivity index (χ4v) is 8.59. The van der Waals surface area contributed by atoms with E-state index in [1.165, 1.54) is 48.4 Å². The SMILES string of the molecule is CCOC(=C1C2CC3CC(C2)CC1C3)c1cc(O)cc(OCCCNC(=O)CCCC(=O)NCCC#Cc2cn(C3CC(O)C(C)O3)c(=O)nc2N)c1. The van der Waals surface area contributed by atoms with Crippen LogP contribution in [0.1, 0.15) is 102 Å². The Hall–Kier alpha value is -4.54. The highest BCUT2D eigenvalue weighted by Crippen LogP contribution is 2.58. The van der Waals surface area contributed by atoms with Crippen molar-refractivity contribution < 1.29 is 34.0 Å². The van der Waals surface area contributed by atoms with E-state index in [4.69, 9.17) is 19.9 Å². The molecule has 286 valence electrons. The number of hydrogen-bond donors (Lipinski definition) is 5. The van der Waals surface area contributed by atoms with Crippen molar-refractivity contribution in [3.8, 4) is 23.3 Å². The summed E-state index contributed by atoms with van der Waals surface area (Å²) >= 11 is 0. The number of aromatic hydroxyl groups is 1. The van der Waals surface area contributed by atoms with Gasteiger partial charge in [0.1, 0.15) is 29.3 Å². The van der Waals surface area contributed by atoms with Crippen LogP contribution in [0.2, 0.25) is 0 Å². The average Bonchev–Trinajstić information content (AvgIpc) is 3.44. The van der Waals surface area contributed by atoms with Crippen molar-refractivity contribution in [3.05, 3.63) is 51.6 Å². The summed E-state index contributed by atoms with van der Waals surface area (Å²) in [6.07, 6.45) is 8.18. The van der Waals surface area contributed by atoms with Gasteiger partial charge < -0.3 is 40.8 Å². The van der Waals surface area contributed by atoms with Crippen molar-refractivity contribution in [1.29, 1.82) is 0 Å². The quantitative estimate of drug-likeness (QED) is 0.102. The maximum atomic E-state index is 12.4. The van der Waals surface area contributed by atoms with Gasteiger partial charge in [-0.3, -0.25) is 14.2 Å². The topological polar surface area (TPSA) is 187 Å². The van der Waals surface area contributed by atoms with Crippen LogP contribution < -0.4 is 26.8 Å². The highest BCUT2D eigenvalue weighted by atomic mass is 16.5. The Morgan fingerprint density at radius 2 is 1.72 bits per heavy atom. The van der Waals surface area contributed by atoms with E-state index in [1.54, 1.807) is 19.1 Å². The first-order chi connectivity index (χ1) is 25.6. The maximum Gasteiger partial charge on any atom is 0.351 e. The number of anilines is 1. The Labute approximate surface area is 310 Å². The molecule has 2 heterocycles. The Morgan fingerprint density at radius 3 is 2.38 bits per heavy atom. The zero-order valence-electron chi connectivity index (χ0n) is 30.8. The molecule has 4 aliphatic carbocycles. The summed E-state index contributed by atoms with van der Waals surface area (Å²) in [5, 5.41) is 26.2. The molecule has 3 unspecified atom stereocenters. The normalized spacial score (nSPS) is 25.4. The van der Waals surface area contributed by atoms with Gasteiger partial charge in [-0.05, 0) is 100 Å². The number of aliphatic hydroxyl groups is 1. The molecule has 2 amide bonds. The highest BCUT2D eigenvalue weighted by Gasteiger charge is 2.47. The molecule has 1 aliphatic heterocycles. The smallest absolute Gasteiger partial charge is 0.351 e. The van der Waals surface area contributed by atoms with Crippen molar-refractivity contribution in [1.82, 2.24) is 20.2 Å². The summed E-state index contributed by atoms with van der Waals surface area (Å²) in [6, 6.07) is 5.34. The summed E-state index contributed by atoms with van der Waals surface area (Å²) in [5.41, 5.74) is 7.97. The minimum atomic E-state index is -0.677. The number of ether oxygens (including phenoxy) is 3. The lowest BCUT2D eigenvalue weighted by Crippen LogP contribution is -2.41. The highest BCUT2D eigenvalue weighted by molar-refractivity contribution is 5.78. The number of hydrogen-bond acceptors (Lipinski definition) is 10. The van der Waals surface area contributed by atoms with Crippen molar-refractivity contribution in [2.45, 2.75) is 103 Å². The van der Waals surface area contributed by atoms with Crippen LogP contribution in [0.25, 0.3) is 5.76 Å². The van der Waals surface area contributed by atoms with Crippen LogP contribution in [0.4, 0.5) is 5.82 Å². The van der Waals surface area contributed by atoms with Crippen LogP contribution in [0.5, 0.6) is 11.5 Å². The molecule has 4 bridgehead atoms. The van der Waals surface area contributed by atoms with Gasteiger partial charge in [-0.15, -0.1) is 0 Å². The number of nitrogen functional groups attached to an aromatic ring is 1. The molecule has 3 atom stereocenters. The summed E-state index contributed by atoms with van der Waals surface area (Å²) in [6.45, 7) is 5.42. The van der Waals surface area contributed by atoms with Gasteiger partial charge >= 0.3 is 5.69 Å². The second-order valence-electron chi connectivity index (χ2n) is 14.9. The minimum Gasteiger partial charge on any atom is -0.508 e.